The van der Waals surface area contributed by atoms with Crippen LogP contribution in [0.3, 0.4) is 0 Å². The average Bonchev–Trinajstić information content (AvgIpc) is 2.82. The molecule has 18 heavy (non-hydrogen) atoms. The first-order valence-corrected chi connectivity index (χ1v) is 6.96. The van der Waals surface area contributed by atoms with E-state index in [1.54, 1.807) is 24.3 Å². The lowest BCUT2D eigenvalue weighted by atomic mass is 10.2. The Morgan fingerprint density at radius 3 is 2.89 bits per heavy atom. The predicted molar refractivity (Wildman–Crippen MR) is 77.2 cm³/mol. The zero-order chi connectivity index (χ0) is 13.1. The molecule has 0 aliphatic carbocycles. The van der Waals surface area contributed by atoms with E-state index in [4.69, 9.17) is 0 Å². The molecule has 1 N–H and O–H groups in total. The van der Waals surface area contributed by atoms with E-state index in [1.807, 2.05) is 17.5 Å². The van der Waals surface area contributed by atoms with E-state index in [2.05, 4.69) is 21.2 Å². The van der Waals surface area contributed by atoms with Gasteiger partial charge >= 0.3 is 0 Å². The van der Waals surface area contributed by atoms with E-state index in [9.17, 15) is 10.1 Å². The minimum atomic E-state index is -0.372. The highest BCUT2D eigenvalue weighted by Gasteiger charge is 2.13. The number of nitrogens with zero attached hydrogens (tertiary/aromatic N) is 1. The van der Waals surface area contributed by atoms with Gasteiger partial charge in [-0.3, -0.25) is 10.1 Å². The molecule has 1 aromatic carbocycles. The summed E-state index contributed by atoms with van der Waals surface area (Å²) in [6.07, 6.45) is 0. The Kier molecular flexibility index (Phi) is 3.98. The highest BCUT2D eigenvalue weighted by Crippen LogP contribution is 2.31. The molecule has 6 heteroatoms. The van der Waals surface area contributed by atoms with Gasteiger partial charge in [-0.2, -0.15) is 0 Å². The minimum Gasteiger partial charge on any atom is -0.379 e. The Morgan fingerprint density at radius 2 is 2.28 bits per heavy atom. The molecule has 4 nitrogen and oxygen atoms in total. The number of aryl methyl sites for hydroxylation is 1. The van der Waals surface area contributed by atoms with Crippen molar-refractivity contribution >= 4 is 38.6 Å². The molecule has 0 radical (unpaired) electrons. The summed E-state index contributed by atoms with van der Waals surface area (Å²) in [4.78, 5) is 11.6. The van der Waals surface area contributed by atoms with Crippen molar-refractivity contribution in [1.82, 2.24) is 0 Å². The second kappa shape index (κ2) is 5.49. The quantitative estimate of drug-likeness (QED) is 0.671. The molecular formula is C12H11BrN2O2S. The number of halogens is 1. The molecule has 0 atom stereocenters. The minimum absolute atomic E-state index is 0.128. The van der Waals surface area contributed by atoms with E-state index in [-0.39, 0.29) is 10.6 Å². The van der Waals surface area contributed by atoms with Gasteiger partial charge in [0, 0.05) is 33.2 Å². The molecular weight excluding hydrogens is 316 g/mol. The van der Waals surface area contributed by atoms with Crippen LogP contribution in [0.5, 0.6) is 0 Å². The van der Waals surface area contributed by atoms with Crippen LogP contribution < -0.4 is 5.32 Å². The molecule has 0 spiro atoms. The van der Waals surface area contributed by atoms with Crippen LogP contribution in [0.4, 0.5) is 11.4 Å². The van der Waals surface area contributed by atoms with Gasteiger partial charge in [-0.05, 0) is 40.4 Å². The monoisotopic (exact) mass is 326 g/mol. The second-order valence-electron chi connectivity index (χ2n) is 3.81. The number of anilines is 1. The smallest absolute Gasteiger partial charge is 0.273 e. The van der Waals surface area contributed by atoms with Crippen molar-refractivity contribution in [3.8, 4) is 0 Å². The lowest BCUT2D eigenvalue weighted by Crippen LogP contribution is -2.00. The van der Waals surface area contributed by atoms with Gasteiger partial charge in [-0.1, -0.05) is 6.07 Å². The Balaban J connectivity index is 2.19. The third-order valence-corrected chi connectivity index (χ3v) is 4.05. The Bertz CT molecular complexity index is 570. The summed E-state index contributed by atoms with van der Waals surface area (Å²) < 4.78 is 0.705. The highest BCUT2D eigenvalue weighted by atomic mass is 79.9. The Labute approximate surface area is 117 Å². The summed E-state index contributed by atoms with van der Waals surface area (Å²) in [5.74, 6) is 0. The number of thiophene rings is 1. The molecule has 1 heterocycles. The van der Waals surface area contributed by atoms with Gasteiger partial charge in [0.15, 0.2) is 0 Å². The molecule has 0 bridgehead atoms. The predicted octanol–water partition coefficient (Wildman–Crippen LogP) is 4.34. The summed E-state index contributed by atoms with van der Waals surface area (Å²) in [7, 11) is 0. The first-order valence-electron chi connectivity index (χ1n) is 5.28. The van der Waals surface area contributed by atoms with Crippen molar-refractivity contribution in [2.24, 2.45) is 0 Å². The van der Waals surface area contributed by atoms with Crippen molar-refractivity contribution in [2.45, 2.75) is 13.5 Å². The average molecular weight is 327 g/mol. The first kappa shape index (κ1) is 13.0. The summed E-state index contributed by atoms with van der Waals surface area (Å²) in [6, 6.07) is 7.36. The SMILES string of the molecule is Cc1cc(NCc2cccs2)c(Br)cc1[N+](=O)[O-]. The summed E-state index contributed by atoms with van der Waals surface area (Å²) >= 11 is 5.02. The lowest BCUT2D eigenvalue weighted by Gasteiger charge is -2.09. The van der Waals surface area contributed by atoms with Gasteiger partial charge in [-0.25, -0.2) is 0 Å². The molecule has 0 unspecified atom stereocenters. The first-order chi connectivity index (χ1) is 8.58. The summed E-state index contributed by atoms with van der Waals surface area (Å²) in [6.45, 7) is 2.45. The standard InChI is InChI=1S/C12H11BrN2O2S/c1-8-5-11(10(13)6-12(8)15(16)17)14-7-9-3-2-4-18-9/h2-6,14H,7H2,1H3. The van der Waals surface area contributed by atoms with Crippen LogP contribution in [-0.4, -0.2) is 4.92 Å². The molecule has 0 amide bonds. The van der Waals surface area contributed by atoms with Crippen LogP contribution in [0.1, 0.15) is 10.4 Å². The third-order valence-electron chi connectivity index (χ3n) is 2.52. The number of hydrogen-bond donors (Lipinski definition) is 1. The van der Waals surface area contributed by atoms with Crippen molar-refractivity contribution in [2.75, 3.05) is 5.32 Å². The molecule has 1 aromatic heterocycles. The topological polar surface area (TPSA) is 55.2 Å². The lowest BCUT2D eigenvalue weighted by molar-refractivity contribution is -0.385. The van der Waals surface area contributed by atoms with Crippen LogP contribution in [-0.2, 0) is 6.54 Å². The zero-order valence-corrected chi connectivity index (χ0v) is 12.0. The third kappa shape index (κ3) is 2.88. The van der Waals surface area contributed by atoms with Crippen molar-refractivity contribution in [3.63, 3.8) is 0 Å². The van der Waals surface area contributed by atoms with Gasteiger partial charge in [0.05, 0.1) is 4.92 Å². The number of hydrogen-bond acceptors (Lipinski definition) is 4. The second-order valence-corrected chi connectivity index (χ2v) is 5.70. The number of nitrogens with one attached hydrogen (secondary N) is 1. The molecule has 0 aliphatic heterocycles. The molecule has 2 aromatic rings. The van der Waals surface area contributed by atoms with Gasteiger partial charge in [0.25, 0.3) is 5.69 Å². The molecule has 0 aliphatic rings. The maximum Gasteiger partial charge on any atom is 0.273 e. The zero-order valence-electron chi connectivity index (χ0n) is 9.64. The van der Waals surface area contributed by atoms with E-state index in [1.165, 1.54) is 10.9 Å². The fourth-order valence-corrected chi connectivity index (χ4v) is 2.71. The fourth-order valence-electron chi connectivity index (χ4n) is 1.60. The van der Waals surface area contributed by atoms with Gasteiger partial charge in [-0.15, -0.1) is 11.3 Å². The van der Waals surface area contributed by atoms with E-state index in [0.717, 1.165) is 5.69 Å². The molecule has 0 fully saturated rings. The van der Waals surface area contributed by atoms with Crippen LogP contribution in [0.25, 0.3) is 0 Å². The fraction of sp³-hybridized carbons (Fsp3) is 0.167. The number of nitro groups is 1. The summed E-state index contributed by atoms with van der Waals surface area (Å²) in [5, 5.41) is 16.1. The summed E-state index contributed by atoms with van der Waals surface area (Å²) in [5.41, 5.74) is 1.65. The Morgan fingerprint density at radius 1 is 1.50 bits per heavy atom. The molecule has 0 saturated heterocycles. The Hall–Kier alpha value is -1.40. The van der Waals surface area contributed by atoms with Crippen LogP contribution in [0.15, 0.2) is 34.1 Å². The van der Waals surface area contributed by atoms with Crippen LogP contribution >= 0.6 is 27.3 Å². The number of rotatable bonds is 4. The van der Waals surface area contributed by atoms with Crippen molar-refractivity contribution in [3.05, 3.63) is 54.7 Å². The van der Waals surface area contributed by atoms with Crippen molar-refractivity contribution in [1.29, 1.82) is 0 Å². The van der Waals surface area contributed by atoms with Gasteiger partial charge in [0.1, 0.15) is 0 Å². The highest BCUT2D eigenvalue weighted by molar-refractivity contribution is 9.10. The van der Waals surface area contributed by atoms with E-state index in [0.29, 0.717) is 16.6 Å². The molecule has 94 valence electrons. The van der Waals surface area contributed by atoms with Crippen molar-refractivity contribution < 1.29 is 4.92 Å². The van der Waals surface area contributed by atoms with Gasteiger partial charge in [0.2, 0.25) is 0 Å². The molecule has 2 rings (SSSR count). The van der Waals surface area contributed by atoms with E-state index < -0.39 is 0 Å². The van der Waals surface area contributed by atoms with Crippen LogP contribution in [0, 0.1) is 17.0 Å². The maximum atomic E-state index is 10.8. The number of benzene rings is 1. The largest absolute Gasteiger partial charge is 0.379 e. The maximum absolute atomic E-state index is 10.8. The van der Waals surface area contributed by atoms with Gasteiger partial charge < -0.3 is 5.32 Å². The van der Waals surface area contributed by atoms with E-state index >= 15 is 0 Å². The molecule has 0 saturated carbocycles. The normalized spacial score (nSPS) is 10.3. The number of nitro benzene ring substituents is 1. The van der Waals surface area contributed by atoms with Crippen LogP contribution in [0.2, 0.25) is 0 Å².